The van der Waals surface area contributed by atoms with Crippen molar-refractivity contribution < 1.29 is 4.74 Å². The molecule has 0 saturated heterocycles. The Balaban J connectivity index is 2.57. The van der Waals surface area contributed by atoms with E-state index in [2.05, 4.69) is 35.2 Å². The predicted octanol–water partition coefficient (Wildman–Crippen LogP) is 1.37. The van der Waals surface area contributed by atoms with Crippen molar-refractivity contribution >= 4 is 5.96 Å². The van der Waals surface area contributed by atoms with Crippen molar-refractivity contribution in [3.63, 3.8) is 0 Å². The van der Waals surface area contributed by atoms with Gasteiger partial charge in [0.25, 0.3) is 0 Å². The Labute approximate surface area is 115 Å². The van der Waals surface area contributed by atoms with Crippen LogP contribution in [0.5, 0.6) is 0 Å². The Morgan fingerprint density at radius 3 is 2.89 bits per heavy atom. The molecule has 0 aromatic carbocycles. The van der Waals surface area contributed by atoms with E-state index in [1.807, 2.05) is 12.3 Å². The van der Waals surface area contributed by atoms with E-state index in [1.54, 1.807) is 13.3 Å². The molecule has 0 radical (unpaired) electrons. The zero-order chi connectivity index (χ0) is 14.1. The third kappa shape index (κ3) is 5.70. The minimum atomic E-state index is 0.330. The molecule has 1 rings (SSSR count). The largest absolute Gasteiger partial charge is 0.383 e. The molecule has 1 heterocycles. The minimum absolute atomic E-state index is 0.330. The molecule has 0 aliphatic heterocycles. The standard InChI is InChI=1S/C14H24N4O/c1-11(2)13(12-5-4-6-16-9-12)10-18-14(15)17-7-8-19-3/h4-6,9,11,13H,7-8,10H2,1-3H3,(H3,15,17,18). The molecule has 0 saturated carbocycles. The van der Waals surface area contributed by atoms with Gasteiger partial charge in [0, 0.05) is 38.5 Å². The highest BCUT2D eigenvalue weighted by molar-refractivity contribution is 5.77. The molecular weight excluding hydrogens is 240 g/mol. The maximum atomic E-state index is 5.81. The van der Waals surface area contributed by atoms with Crippen molar-refractivity contribution in [2.24, 2.45) is 16.6 Å². The second kappa shape index (κ2) is 8.48. The van der Waals surface area contributed by atoms with Crippen LogP contribution in [-0.4, -0.2) is 37.7 Å². The van der Waals surface area contributed by atoms with E-state index in [0.29, 0.717) is 37.5 Å². The second-order valence-corrected chi connectivity index (χ2v) is 4.78. The van der Waals surface area contributed by atoms with Gasteiger partial charge < -0.3 is 15.8 Å². The van der Waals surface area contributed by atoms with Crippen LogP contribution in [0.4, 0.5) is 0 Å². The van der Waals surface area contributed by atoms with Crippen LogP contribution >= 0.6 is 0 Å². The van der Waals surface area contributed by atoms with Gasteiger partial charge in [-0.15, -0.1) is 0 Å². The second-order valence-electron chi connectivity index (χ2n) is 4.78. The van der Waals surface area contributed by atoms with Crippen LogP contribution in [0.1, 0.15) is 25.3 Å². The number of nitrogens with one attached hydrogen (secondary N) is 1. The van der Waals surface area contributed by atoms with Crippen LogP contribution < -0.4 is 11.1 Å². The summed E-state index contributed by atoms with van der Waals surface area (Å²) >= 11 is 0. The van der Waals surface area contributed by atoms with Crippen molar-refractivity contribution in [1.82, 2.24) is 10.3 Å². The van der Waals surface area contributed by atoms with Gasteiger partial charge in [0.05, 0.1) is 6.61 Å². The fourth-order valence-electron chi connectivity index (χ4n) is 1.83. The number of guanidine groups is 1. The van der Waals surface area contributed by atoms with Gasteiger partial charge in [0.2, 0.25) is 0 Å². The lowest BCUT2D eigenvalue weighted by atomic mass is 9.89. The van der Waals surface area contributed by atoms with Gasteiger partial charge in [-0.1, -0.05) is 19.9 Å². The number of hydrogen-bond donors (Lipinski definition) is 2. The van der Waals surface area contributed by atoms with E-state index in [9.17, 15) is 0 Å². The predicted molar refractivity (Wildman–Crippen MR) is 78.2 cm³/mol. The third-order valence-corrected chi connectivity index (χ3v) is 2.99. The summed E-state index contributed by atoms with van der Waals surface area (Å²) in [6.45, 7) is 6.32. The quantitative estimate of drug-likeness (QED) is 0.443. The molecule has 1 atom stereocenters. The van der Waals surface area contributed by atoms with Gasteiger partial charge in [-0.25, -0.2) is 0 Å². The molecule has 0 aliphatic carbocycles. The summed E-state index contributed by atoms with van der Waals surface area (Å²) in [4.78, 5) is 8.56. The summed E-state index contributed by atoms with van der Waals surface area (Å²) in [5.41, 5.74) is 7.01. The Bertz CT molecular complexity index is 378. The zero-order valence-electron chi connectivity index (χ0n) is 12.0. The van der Waals surface area contributed by atoms with Crippen molar-refractivity contribution in [2.45, 2.75) is 19.8 Å². The van der Waals surface area contributed by atoms with Gasteiger partial charge in [-0.3, -0.25) is 9.98 Å². The summed E-state index contributed by atoms with van der Waals surface area (Å²) in [6.07, 6.45) is 3.68. The van der Waals surface area contributed by atoms with Crippen LogP contribution in [-0.2, 0) is 4.74 Å². The van der Waals surface area contributed by atoms with Crippen LogP contribution in [0, 0.1) is 5.92 Å². The summed E-state index contributed by atoms with van der Waals surface area (Å²) in [5, 5.41) is 3.02. The van der Waals surface area contributed by atoms with Gasteiger partial charge in [0.15, 0.2) is 5.96 Å². The number of aliphatic imine (C=N–C) groups is 1. The highest BCUT2D eigenvalue weighted by atomic mass is 16.5. The summed E-state index contributed by atoms with van der Waals surface area (Å²) in [6, 6.07) is 4.04. The monoisotopic (exact) mass is 264 g/mol. The number of nitrogens with zero attached hydrogens (tertiary/aromatic N) is 2. The molecule has 1 unspecified atom stereocenters. The van der Waals surface area contributed by atoms with E-state index in [4.69, 9.17) is 10.5 Å². The Kier molecular flexibility index (Phi) is 6.89. The molecule has 1 aromatic heterocycles. The van der Waals surface area contributed by atoms with E-state index < -0.39 is 0 Å². The smallest absolute Gasteiger partial charge is 0.188 e. The molecule has 19 heavy (non-hydrogen) atoms. The van der Waals surface area contributed by atoms with Gasteiger partial charge in [-0.05, 0) is 17.5 Å². The average molecular weight is 264 g/mol. The van der Waals surface area contributed by atoms with E-state index >= 15 is 0 Å². The molecule has 5 heteroatoms. The number of methoxy groups -OCH3 is 1. The highest BCUT2D eigenvalue weighted by Crippen LogP contribution is 2.23. The summed E-state index contributed by atoms with van der Waals surface area (Å²) in [7, 11) is 1.66. The number of rotatable bonds is 7. The number of hydrogen-bond acceptors (Lipinski definition) is 3. The van der Waals surface area contributed by atoms with Crippen molar-refractivity contribution in [1.29, 1.82) is 0 Å². The number of ether oxygens (including phenoxy) is 1. The molecule has 3 N–H and O–H groups in total. The first-order valence-corrected chi connectivity index (χ1v) is 6.57. The molecule has 0 bridgehead atoms. The van der Waals surface area contributed by atoms with Gasteiger partial charge >= 0.3 is 0 Å². The van der Waals surface area contributed by atoms with E-state index in [-0.39, 0.29) is 0 Å². The zero-order valence-corrected chi connectivity index (χ0v) is 12.0. The van der Waals surface area contributed by atoms with Crippen molar-refractivity contribution in [2.75, 3.05) is 26.8 Å². The Hall–Kier alpha value is -1.62. The molecule has 0 spiro atoms. The molecule has 106 valence electrons. The molecule has 0 amide bonds. The molecule has 5 nitrogen and oxygen atoms in total. The first-order valence-electron chi connectivity index (χ1n) is 6.57. The summed E-state index contributed by atoms with van der Waals surface area (Å²) in [5.74, 6) is 1.28. The van der Waals surface area contributed by atoms with E-state index in [0.717, 1.165) is 0 Å². The van der Waals surface area contributed by atoms with Crippen molar-refractivity contribution in [3.8, 4) is 0 Å². The van der Waals surface area contributed by atoms with Gasteiger partial charge in [0.1, 0.15) is 0 Å². The number of aromatic nitrogens is 1. The lowest BCUT2D eigenvalue weighted by molar-refractivity contribution is 0.204. The van der Waals surface area contributed by atoms with E-state index in [1.165, 1.54) is 5.56 Å². The molecular formula is C14H24N4O. The average Bonchev–Trinajstić information content (AvgIpc) is 2.40. The fourth-order valence-corrected chi connectivity index (χ4v) is 1.83. The lowest BCUT2D eigenvalue weighted by Gasteiger charge is -2.19. The SMILES string of the molecule is COCCNC(N)=NCC(c1cccnc1)C(C)C. The Morgan fingerprint density at radius 1 is 1.53 bits per heavy atom. The van der Waals surface area contributed by atoms with Crippen LogP contribution in [0.15, 0.2) is 29.5 Å². The maximum absolute atomic E-state index is 5.81. The minimum Gasteiger partial charge on any atom is -0.383 e. The van der Waals surface area contributed by atoms with Crippen LogP contribution in [0.3, 0.4) is 0 Å². The normalized spacial score (nSPS) is 13.6. The lowest BCUT2D eigenvalue weighted by Crippen LogP contribution is -2.34. The van der Waals surface area contributed by atoms with Crippen molar-refractivity contribution in [3.05, 3.63) is 30.1 Å². The summed E-state index contributed by atoms with van der Waals surface area (Å²) < 4.78 is 4.94. The third-order valence-electron chi connectivity index (χ3n) is 2.99. The first kappa shape index (κ1) is 15.4. The van der Waals surface area contributed by atoms with Gasteiger partial charge in [-0.2, -0.15) is 0 Å². The highest BCUT2D eigenvalue weighted by Gasteiger charge is 2.15. The maximum Gasteiger partial charge on any atom is 0.188 e. The Morgan fingerprint density at radius 2 is 2.32 bits per heavy atom. The topological polar surface area (TPSA) is 72.5 Å². The molecule has 1 aromatic rings. The van der Waals surface area contributed by atoms with Crippen LogP contribution in [0.2, 0.25) is 0 Å². The van der Waals surface area contributed by atoms with Crippen LogP contribution in [0.25, 0.3) is 0 Å². The fraction of sp³-hybridized carbons (Fsp3) is 0.571. The first-order chi connectivity index (χ1) is 9.15. The molecule has 0 fully saturated rings. The number of nitrogens with two attached hydrogens (primary N) is 1. The molecule has 0 aliphatic rings. The number of pyridine rings is 1.